The summed E-state index contributed by atoms with van der Waals surface area (Å²) in [6.45, 7) is 7.45. The third-order valence-electron chi connectivity index (χ3n) is 5.97. The molecule has 2 aliphatic heterocycles. The van der Waals surface area contributed by atoms with Crippen molar-refractivity contribution in [2.24, 2.45) is 4.99 Å². The first-order valence-corrected chi connectivity index (χ1v) is 12.5. The second-order valence-corrected chi connectivity index (χ2v) is 9.68. The summed E-state index contributed by atoms with van der Waals surface area (Å²) in [5, 5.41) is 2.83. The predicted molar refractivity (Wildman–Crippen MR) is 137 cm³/mol. The van der Waals surface area contributed by atoms with E-state index in [0.29, 0.717) is 38.6 Å². The van der Waals surface area contributed by atoms with Gasteiger partial charge < -0.3 is 14.8 Å². The van der Waals surface area contributed by atoms with E-state index in [9.17, 15) is 14.4 Å². The van der Waals surface area contributed by atoms with Crippen LogP contribution in [0.4, 0.5) is 5.69 Å². The minimum Gasteiger partial charge on any atom is -0.491 e. The Morgan fingerprint density at radius 3 is 2.61 bits per heavy atom. The third-order valence-corrected chi connectivity index (χ3v) is 7.02. The van der Waals surface area contributed by atoms with E-state index in [-0.39, 0.29) is 28.7 Å². The van der Waals surface area contributed by atoms with Gasteiger partial charge in [0.1, 0.15) is 16.3 Å². The first-order chi connectivity index (χ1) is 17.3. The molecular formula is C27H25N3O5S. The van der Waals surface area contributed by atoms with Crippen LogP contribution in [-0.2, 0) is 14.3 Å². The summed E-state index contributed by atoms with van der Waals surface area (Å²) >= 11 is 1.13. The Bertz CT molecular complexity index is 1610. The molecule has 1 N–H and O–H groups in total. The van der Waals surface area contributed by atoms with Crippen molar-refractivity contribution in [3.63, 3.8) is 0 Å². The van der Waals surface area contributed by atoms with Crippen molar-refractivity contribution in [1.29, 1.82) is 0 Å². The van der Waals surface area contributed by atoms with E-state index in [1.165, 1.54) is 4.57 Å². The number of anilines is 1. The molecule has 8 nitrogen and oxygen atoms in total. The number of allylic oxidation sites excluding steroid dienone is 1. The van der Waals surface area contributed by atoms with Crippen molar-refractivity contribution in [3.8, 4) is 5.75 Å². The maximum Gasteiger partial charge on any atom is 0.338 e. The number of amides is 1. The van der Waals surface area contributed by atoms with Crippen LogP contribution in [-0.4, -0.2) is 29.2 Å². The number of rotatable bonds is 5. The largest absolute Gasteiger partial charge is 0.491 e. The molecule has 0 aliphatic carbocycles. The highest BCUT2D eigenvalue weighted by molar-refractivity contribution is 7.07. The second kappa shape index (κ2) is 9.23. The Morgan fingerprint density at radius 2 is 1.86 bits per heavy atom. The van der Waals surface area contributed by atoms with Crippen molar-refractivity contribution in [3.05, 3.63) is 90.6 Å². The van der Waals surface area contributed by atoms with Crippen LogP contribution in [0.1, 0.15) is 44.9 Å². The van der Waals surface area contributed by atoms with Crippen LogP contribution in [0.2, 0.25) is 0 Å². The van der Waals surface area contributed by atoms with E-state index in [1.807, 2.05) is 50.2 Å². The molecule has 3 aromatic rings. The summed E-state index contributed by atoms with van der Waals surface area (Å²) in [5.41, 5.74) is 2.56. The molecule has 0 bridgehead atoms. The second-order valence-electron chi connectivity index (χ2n) is 8.70. The normalized spacial score (nSPS) is 17.9. The number of nitrogens with zero attached hydrogens (tertiary/aromatic N) is 2. The standard InChI is InChI=1S/C27H25N3O5S/c1-5-34-26(33)20-15(4)28-27-30(22(20)17-11-7-9-13-19(17)35-14(2)3)25(32)23(36-27)21-16-10-6-8-12-18(16)29-24(21)31/h6-14,22H,5H2,1-4H3,(H,29,31)/b23-21+/t22-/m0/s1. The Labute approximate surface area is 211 Å². The average Bonchev–Trinajstić information content (AvgIpc) is 3.33. The molecule has 0 saturated heterocycles. The lowest BCUT2D eigenvalue weighted by Gasteiger charge is -2.26. The van der Waals surface area contributed by atoms with Gasteiger partial charge in [-0.25, -0.2) is 9.79 Å². The Hall–Kier alpha value is -3.98. The average molecular weight is 504 g/mol. The zero-order valence-electron chi connectivity index (χ0n) is 20.3. The summed E-state index contributed by atoms with van der Waals surface area (Å²) in [7, 11) is 0. The van der Waals surface area contributed by atoms with Crippen LogP contribution in [0.15, 0.2) is 69.6 Å². The van der Waals surface area contributed by atoms with Gasteiger partial charge in [-0.1, -0.05) is 47.7 Å². The van der Waals surface area contributed by atoms with Crippen LogP contribution in [0.5, 0.6) is 5.75 Å². The number of ether oxygens (including phenoxy) is 2. The van der Waals surface area contributed by atoms with Crippen LogP contribution < -0.4 is 24.9 Å². The van der Waals surface area contributed by atoms with Gasteiger partial charge in [0.15, 0.2) is 4.80 Å². The number of carbonyl (C=O) groups is 2. The van der Waals surface area contributed by atoms with Gasteiger partial charge in [-0.2, -0.15) is 0 Å². The Balaban J connectivity index is 1.83. The van der Waals surface area contributed by atoms with Gasteiger partial charge in [0, 0.05) is 16.8 Å². The van der Waals surface area contributed by atoms with E-state index < -0.39 is 17.6 Å². The van der Waals surface area contributed by atoms with Gasteiger partial charge >= 0.3 is 5.97 Å². The Morgan fingerprint density at radius 1 is 1.14 bits per heavy atom. The number of carbonyl (C=O) groups excluding carboxylic acids is 2. The number of hydrogen-bond donors (Lipinski definition) is 1. The SMILES string of the molecule is CCOC(=O)C1=C(C)N=c2s/c(=C3/C(=O)Nc4ccccc43)c(=O)n2[C@H]1c1ccccc1OC(C)C. The number of hydrogen-bond acceptors (Lipinski definition) is 7. The van der Waals surface area contributed by atoms with Crippen molar-refractivity contribution in [2.45, 2.75) is 39.8 Å². The molecule has 36 heavy (non-hydrogen) atoms. The lowest BCUT2D eigenvalue weighted by molar-refractivity contribution is -0.139. The molecule has 1 atom stereocenters. The van der Waals surface area contributed by atoms with Crippen LogP contribution in [0, 0.1) is 0 Å². The number of nitrogens with one attached hydrogen (secondary N) is 1. The van der Waals surface area contributed by atoms with Crippen LogP contribution in [0.25, 0.3) is 5.57 Å². The van der Waals surface area contributed by atoms with Crippen LogP contribution in [0.3, 0.4) is 0 Å². The monoisotopic (exact) mass is 503 g/mol. The smallest absolute Gasteiger partial charge is 0.338 e. The zero-order chi connectivity index (χ0) is 25.6. The number of fused-ring (bicyclic) bond motifs is 2. The molecule has 2 aliphatic rings. The number of aromatic nitrogens is 1. The number of benzene rings is 2. The molecule has 0 radical (unpaired) electrons. The summed E-state index contributed by atoms with van der Waals surface area (Å²) in [5.74, 6) is -0.343. The molecule has 1 amide bonds. The minimum atomic E-state index is -0.829. The molecule has 5 rings (SSSR count). The van der Waals surface area contributed by atoms with E-state index >= 15 is 0 Å². The molecule has 0 unspecified atom stereocenters. The first kappa shape index (κ1) is 23.7. The minimum absolute atomic E-state index is 0.126. The highest BCUT2D eigenvalue weighted by atomic mass is 32.1. The molecule has 2 aromatic carbocycles. The van der Waals surface area contributed by atoms with Gasteiger partial charge in [-0.05, 0) is 39.8 Å². The van der Waals surface area contributed by atoms with E-state index in [1.54, 1.807) is 26.0 Å². The van der Waals surface area contributed by atoms with Gasteiger partial charge in [-0.3, -0.25) is 14.2 Å². The third kappa shape index (κ3) is 3.85. The van der Waals surface area contributed by atoms with Crippen molar-refractivity contribution in [2.75, 3.05) is 11.9 Å². The summed E-state index contributed by atoms with van der Waals surface area (Å²) in [4.78, 5) is 45.1. The maximum absolute atomic E-state index is 14.0. The molecule has 0 fully saturated rings. The molecule has 0 saturated carbocycles. The van der Waals surface area contributed by atoms with E-state index in [2.05, 4.69) is 10.3 Å². The molecule has 0 spiro atoms. The van der Waals surface area contributed by atoms with E-state index in [4.69, 9.17) is 9.47 Å². The van der Waals surface area contributed by atoms with Crippen LogP contribution >= 0.6 is 11.3 Å². The van der Waals surface area contributed by atoms with Gasteiger partial charge in [-0.15, -0.1) is 0 Å². The van der Waals surface area contributed by atoms with Gasteiger partial charge in [0.05, 0.1) is 29.6 Å². The zero-order valence-corrected chi connectivity index (χ0v) is 21.1. The van der Waals surface area contributed by atoms with Crippen molar-refractivity contribution in [1.82, 2.24) is 4.57 Å². The number of esters is 1. The van der Waals surface area contributed by atoms with Crippen molar-refractivity contribution < 1.29 is 19.1 Å². The Kier molecular flexibility index (Phi) is 6.09. The predicted octanol–water partition coefficient (Wildman–Crippen LogP) is 2.91. The fraction of sp³-hybridized carbons (Fsp3) is 0.259. The van der Waals surface area contributed by atoms with E-state index in [0.717, 1.165) is 11.3 Å². The maximum atomic E-state index is 14.0. The highest BCUT2D eigenvalue weighted by Crippen LogP contribution is 2.36. The fourth-order valence-corrected chi connectivity index (χ4v) is 5.69. The lowest BCUT2D eigenvalue weighted by Crippen LogP contribution is -2.40. The number of thiazole rings is 1. The molecule has 9 heteroatoms. The fourth-order valence-electron chi connectivity index (χ4n) is 4.55. The summed E-state index contributed by atoms with van der Waals surface area (Å²) in [6.07, 6.45) is -0.126. The molecule has 184 valence electrons. The number of para-hydroxylation sites is 2. The first-order valence-electron chi connectivity index (χ1n) is 11.7. The topological polar surface area (TPSA) is 99.0 Å². The summed E-state index contributed by atoms with van der Waals surface area (Å²) < 4.78 is 13.2. The highest BCUT2D eigenvalue weighted by Gasteiger charge is 2.36. The summed E-state index contributed by atoms with van der Waals surface area (Å²) in [6, 6.07) is 13.7. The quantitative estimate of drug-likeness (QED) is 0.540. The van der Waals surface area contributed by atoms with Gasteiger partial charge in [0.2, 0.25) is 0 Å². The lowest BCUT2D eigenvalue weighted by atomic mass is 9.95. The molecule has 1 aromatic heterocycles. The van der Waals surface area contributed by atoms with Gasteiger partial charge in [0.25, 0.3) is 11.5 Å². The molecule has 3 heterocycles. The van der Waals surface area contributed by atoms with Crippen molar-refractivity contribution >= 4 is 34.5 Å². The molecular weight excluding hydrogens is 478 g/mol.